The molecule has 28 heavy (non-hydrogen) atoms. The van der Waals surface area contributed by atoms with Gasteiger partial charge in [-0.15, -0.1) is 0 Å². The lowest BCUT2D eigenvalue weighted by atomic mass is 9.83. The molecule has 0 saturated heterocycles. The zero-order valence-electron chi connectivity index (χ0n) is 17.7. The van der Waals surface area contributed by atoms with Gasteiger partial charge >= 0.3 is 0 Å². The molecule has 1 aromatic rings. The van der Waals surface area contributed by atoms with Crippen LogP contribution in [0.2, 0.25) is 0 Å². The zero-order chi connectivity index (χ0) is 20.2. The Bertz CT molecular complexity index is 613. The second-order valence-electron chi connectivity index (χ2n) is 7.53. The van der Waals surface area contributed by atoms with Crippen LogP contribution in [-0.2, 0) is 11.2 Å². The molecule has 0 bridgehead atoms. The van der Waals surface area contributed by atoms with Crippen LogP contribution in [0.1, 0.15) is 51.5 Å². The number of nitrogens with zero attached hydrogens (tertiary/aromatic N) is 1. The fourth-order valence-corrected chi connectivity index (χ4v) is 3.84. The van der Waals surface area contributed by atoms with Crippen molar-refractivity contribution in [1.29, 1.82) is 0 Å². The number of phenols is 1. The third-order valence-corrected chi connectivity index (χ3v) is 5.51. The van der Waals surface area contributed by atoms with Crippen molar-refractivity contribution in [1.82, 2.24) is 10.6 Å². The molecule has 0 heterocycles. The molecule has 1 aromatic carbocycles. The van der Waals surface area contributed by atoms with Crippen molar-refractivity contribution in [2.75, 3.05) is 40.0 Å². The van der Waals surface area contributed by atoms with Gasteiger partial charge in [-0.2, -0.15) is 0 Å². The van der Waals surface area contributed by atoms with Gasteiger partial charge in [-0.3, -0.25) is 4.99 Å². The molecule has 0 atom stereocenters. The minimum Gasteiger partial charge on any atom is -0.504 e. The Morgan fingerprint density at radius 1 is 1.21 bits per heavy atom. The topological polar surface area (TPSA) is 75.1 Å². The number of methoxy groups -OCH3 is 1. The van der Waals surface area contributed by atoms with Gasteiger partial charge in [0.05, 0.1) is 7.11 Å². The molecule has 1 fully saturated rings. The monoisotopic (exact) mass is 391 g/mol. The normalized spacial score (nSPS) is 16.2. The quantitative estimate of drug-likeness (QED) is 0.306. The number of guanidine groups is 1. The van der Waals surface area contributed by atoms with Gasteiger partial charge in [0.2, 0.25) is 0 Å². The minimum absolute atomic E-state index is 0.169. The number of hydrogen-bond donors (Lipinski definition) is 3. The molecule has 0 radical (unpaired) electrons. The van der Waals surface area contributed by atoms with E-state index in [1.165, 1.54) is 25.7 Å². The van der Waals surface area contributed by atoms with E-state index in [2.05, 4.69) is 24.5 Å². The van der Waals surface area contributed by atoms with E-state index in [1.807, 2.05) is 12.1 Å². The summed E-state index contributed by atoms with van der Waals surface area (Å²) in [7, 11) is 1.57. The highest BCUT2D eigenvalue weighted by Gasteiger charge is 2.33. The van der Waals surface area contributed by atoms with Crippen molar-refractivity contribution < 1.29 is 14.6 Å². The van der Waals surface area contributed by atoms with Crippen LogP contribution in [0.5, 0.6) is 11.5 Å². The molecule has 1 aliphatic rings. The number of aromatic hydroxyl groups is 1. The van der Waals surface area contributed by atoms with E-state index >= 15 is 0 Å². The standard InChI is InChI=1S/C22H37N3O3/c1-4-23-21(24-14-10-18-8-9-19(26)20(16-18)27-3)25-17-22(11-6-7-12-22)13-15-28-5-2/h8-9,16,26H,4-7,10-15,17H2,1-3H3,(H2,23,24,25). The summed E-state index contributed by atoms with van der Waals surface area (Å²) < 4.78 is 10.8. The fourth-order valence-electron chi connectivity index (χ4n) is 3.84. The summed E-state index contributed by atoms with van der Waals surface area (Å²) in [5.41, 5.74) is 1.41. The van der Waals surface area contributed by atoms with Crippen molar-refractivity contribution in [3.63, 3.8) is 0 Å². The molecular formula is C22H37N3O3. The average Bonchev–Trinajstić information content (AvgIpc) is 3.16. The van der Waals surface area contributed by atoms with E-state index in [0.717, 1.165) is 57.2 Å². The van der Waals surface area contributed by atoms with Gasteiger partial charge < -0.3 is 25.2 Å². The highest BCUT2D eigenvalue weighted by molar-refractivity contribution is 5.79. The van der Waals surface area contributed by atoms with E-state index in [9.17, 15) is 5.11 Å². The number of ether oxygens (including phenoxy) is 2. The summed E-state index contributed by atoms with van der Waals surface area (Å²) in [5.74, 6) is 1.55. The van der Waals surface area contributed by atoms with Crippen LogP contribution in [-0.4, -0.2) is 51.0 Å². The van der Waals surface area contributed by atoms with Crippen molar-refractivity contribution in [2.24, 2.45) is 10.4 Å². The average molecular weight is 392 g/mol. The predicted molar refractivity (Wildman–Crippen MR) is 114 cm³/mol. The maximum absolute atomic E-state index is 9.72. The summed E-state index contributed by atoms with van der Waals surface area (Å²) in [4.78, 5) is 4.90. The highest BCUT2D eigenvalue weighted by atomic mass is 16.5. The number of phenolic OH excluding ortho intramolecular Hbond substituents is 1. The van der Waals surface area contributed by atoms with E-state index in [4.69, 9.17) is 14.5 Å². The molecular weight excluding hydrogens is 354 g/mol. The van der Waals surface area contributed by atoms with Crippen molar-refractivity contribution in [3.05, 3.63) is 23.8 Å². The van der Waals surface area contributed by atoms with Gasteiger partial charge in [0.15, 0.2) is 17.5 Å². The Morgan fingerprint density at radius 3 is 2.68 bits per heavy atom. The van der Waals surface area contributed by atoms with Crippen LogP contribution in [0.3, 0.4) is 0 Å². The van der Waals surface area contributed by atoms with Crippen LogP contribution >= 0.6 is 0 Å². The Morgan fingerprint density at radius 2 is 2.00 bits per heavy atom. The van der Waals surface area contributed by atoms with Gasteiger partial charge in [-0.1, -0.05) is 18.9 Å². The summed E-state index contributed by atoms with van der Waals surface area (Å²) in [6.45, 7) is 8.21. The molecule has 1 saturated carbocycles. The van der Waals surface area contributed by atoms with Crippen LogP contribution in [0, 0.1) is 5.41 Å². The first-order valence-corrected chi connectivity index (χ1v) is 10.6. The molecule has 0 aromatic heterocycles. The van der Waals surface area contributed by atoms with E-state index in [1.54, 1.807) is 13.2 Å². The maximum Gasteiger partial charge on any atom is 0.191 e. The van der Waals surface area contributed by atoms with Gasteiger partial charge in [0.25, 0.3) is 0 Å². The van der Waals surface area contributed by atoms with Crippen molar-refractivity contribution in [3.8, 4) is 11.5 Å². The van der Waals surface area contributed by atoms with Gasteiger partial charge in [0.1, 0.15) is 0 Å². The first kappa shape index (κ1) is 22.3. The van der Waals surface area contributed by atoms with E-state index in [0.29, 0.717) is 11.2 Å². The molecule has 158 valence electrons. The summed E-state index contributed by atoms with van der Waals surface area (Å²) in [6, 6.07) is 5.48. The van der Waals surface area contributed by atoms with Crippen LogP contribution < -0.4 is 15.4 Å². The maximum atomic E-state index is 9.72. The molecule has 6 nitrogen and oxygen atoms in total. The lowest BCUT2D eigenvalue weighted by molar-refractivity contribution is 0.107. The Kier molecular flexibility index (Phi) is 9.41. The van der Waals surface area contributed by atoms with E-state index < -0.39 is 0 Å². The number of aliphatic imine (C=N–C) groups is 1. The minimum atomic E-state index is 0.169. The van der Waals surface area contributed by atoms with Crippen LogP contribution in [0.15, 0.2) is 23.2 Å². The summed E-state index contributed by atoms with van der Waals surface area (Å²) in [5, 5.41) is 16.5. The first-order chi connectivity index (χ1) is 13.6. The molecule has 2 rings (SSSR count). The third kappa shape index (κ3) is 6.89. The number of nitrogens with one attached hydrogen (secondary N) is 2. The number of rotatable bonds is 11. The highest BCUT2D eigenvalue weighted by Crippen LogP contribution is 2.41. The predicted octanol–water partition coefficient (Wildman–Crippen LogP) is 3.49. The smallest absolute Gasteiger partial charge is 0.191 e. The third-order valence-electron chi connectivity index (χ3n) is 5.51. The van der Waals surface area contributed by atoms with Crippen molar-refractivity contribution >= 4 is 5.96 Å². The largest absolute Gasteiger partial charge is 0.504 e. The molecule has 6 heteroatoms. The lowest BCUT2D eigenvalue weighted by Gasteiger charge is -2.27. The van der Waals surface area contributed by atoms with Gasteiger partial charge in [-0.05, 0) is 62.6 Å². The van der Waals surface area contributed by atoms with Crippen molar-refractivity contribution in [2.45, 2.75) is 52.4 Å². The van der Waals surface area contributed by atoms with E-state index in [-0.39, 0.29) is 5.75 Å². The Labute approximate surface area is 169 Å². The second-order valence-corrected chi connectivity index (χ2v) is 7.53. The molecule has 0 amide bonds. The summed E-state index contributed by atoms with van der Waals surface area (Å²) >= 11 is 0. The molecule has 3 N–H and O–H groups in total. The Hall–Kier alpha value is -1.95. The Balaban J connectivity index is 1.90. The lowest BCUT2D eigenvalue weighted by Crippen LogP contribution is -2.39. The SMILES string of the molecule is CCNC(=NCC1(CCOCC)CCCC1)NCCc1ccc(O)c(OC)c1. The molecule has 0 aliphatic heterocycles. The van der Waals surface area contributed by atoms with Gasteiger partial charge in [0, 0.05) is 32.8 Å². The zero-order valence-corrected chi connectivity index (χ0v) is 17.7. The first-order valence-electron chi connectivity index (χ1n) is 10.6. The van der Waals surface area contributed by atoms with Crippen LogP contribution in [0.4, 0.5) is 0 Å². The molecule has 0 spiro atoms. The fraction of sp³-hybridized carbons (Fsp3) is 0.682. The molecule has 0 unspecified atom stereocenters. The van der Waals surface area contributed by atoms with Gasteiger partial charge in [-0.25, -0.2) is 0 Å². The summed E-state index contributed by atoms with van der Waals surface area (Å²) in [6.07, 6.45) is 7.02. The number of benzene rings is 1. The van der Waals surface area contributed by atoms with Crippen LogP contribution in [0.25, 0.3) is 0 Å². The number of hydrogen-bond acceptors (Lipinski definition) is 4. The second kappa shape index (κ2) is 11.8. The molecule has 1 aliphatic carbocycles.